The molecule has 1 heterocycles. The van der Waals surface area contributed by atoms with Crippen LogP contribution in [0.1, 0.15) is 111 Å². The molecule has 11 atom stereocenters. The number of amides is 1. The summed E-state index contributed by atoms with van der Waals surface area (Å²) in [5.41, 5.74) is 0.797. The third-order valence-electron chi connectivity index (χ3n) is 13.7. The van der Waals surface area contributed by atoms with Crippen molar-refractivity contribution in [3.63, 3.8) is 0 Å². The largest absolute Gasteiger partial charge is 0.487 e. The summed E-state index contributed by atoms with van der Waals surface area (Å²) in [4.78, 5) is 12.9. The summed E-state index contributed by atoms with van der Waals surface area (Å²) < 4.78 is 40.3. The summed E-state index contributed by atoms with van der Waals surface area (Å²) in [7, 11) is -4.10. The lowest BCUT2D eigenvalue weighted by Crippen LogP contribution is -2.58. The number of rotatable bonds is 6. The maximum absolute atomic E-state index is 13.2. The Labute approximate surface area is 270 Å². The van der Waals surface area contributed by atoms with Crippen molar-refractivity contribution in [2.45, 2.75) is 134 Å². The highest BCUT2D eigenvalue weighted by atomic mass is 32.2. The van der Waals surface area contributed by atoms with Gasteiger partial charge in [0.25, 0.3) is 10.0 Å². The fourth-order valence-corrected chi connectivity index (χ4v) is 11.9. The Hall–Kier alpha value is -1.84. The summed E-state index contributed by atoms with van der Waals surface area (Å²) in [5, 5.41) is 21.9. The van der Waals surface area contributed by atoms with Gasteiger partial charge in [-0.2, -0.15) is 0 Å². The maximum Gasteiger partial charge on any atom is 0.421 e. The number of aliphatic hydroxyl groups is 2. The molecule has 1 aromatic rings. The molecule has 0 radical (unpaired) electrons. The molecule has 6 rings (SSSR count). The average molecular weight is 646 g/mol. The van der Waals surface area contributed by atoms with Crippen LogP contribution >= 0.6 is 0 Å². The third kappa shape index (κ3) is 5.92. The van der Waals surface area contributed by atoms with E-state index in [0.717, 1.165) is 82.6 Å². The predicted molar refractivity (Wildman–Crippen MR) is 172 cm³/mol. The van der Waals surface area contributed by atoms with Crippen LogP contribution in [-0.4, -0.2) is 49.1 Å². The molecule has 0 bridgehead atoms. The van der Waals surface area contributed by atoms with Crippen LogP contribution in [0.25, 0.3) is 0 Å². The fourth-order valence-electron chi connectivity index (χ4n) is 10.9. The molecule has 1 amide bonds. The van der Waals surface area contributed by atoms with E-state index in [1.165, 1.54) is 6.07 Å². The molecule has 0 aromatic heterocycles. The number of carbonyl (C=O) groups is 1. The number of benzene rings is 1. The van der Waals surface area contributed by atoms with E-state index in [-0.39, 0.29) is 52.0 Å². The second-order valence-electron chi connectivity index (χ2n) is 16.2. The molecule has 1 aromatic carbocycles. The zero-order valence-electron chi connectivity index (χ0n) is 27.9. The first-order valence-corrected chi connectivity index (χ1v) is 19.0. The molecule has 1 unspecified atom stereocenters. The van der Waals surface area contributed by atoms with Gasteiger partial charge < -0.3 is 19.7 Å². The molecule has 5 aliphatic rings. The van der Waals surface area contributed by atoms with Gasteiger partial charge in [-0.3, -0.25) is 0 Å². The minimum Gasteiger partial charge on any atom is -0.487 e. The molecule has 0 spiro atoms. The van der Waals surface area contributed by atoms with Crippen LogP contribution in [0, 0.1) is 46.3 Å². The highest BCUT2D eigenvalue weighted by Crippen LogP contribution is 2.68. The van der Waals surface area contributed by atoms with Gasteiger partial charge in [-0.05, 0) is 154 Å². The topological polar surface area (TPSA) is 122 Å². The van der Waals surface area contributed by atoms with Crippen molar-refractivity contribution in [1.29, 1.82) is 0 Å². The van der Waals surface area contributed by atoms with Gasteiger partial charge in [0.15, 0.2) is 0 Å². The molecule has 8 nitrogen and oxygen atoms in total. The lowest BCUT2D eigenvalue weighted by Gasteiger charge is -2.62. The average Bonchev–Trinajstić information content (AvgIpc) is 3.24. The Balaban J connectivity index is 1.07. The third-order valence-corrected chi connectivity index (χ3v) is 15.0. The first kappa shape index (κ1) is 33.1. The van der Waals surface area contributed by atoms with Crippen molar-refractivity contribution < 1.29 is 32.9 Å². The minimum absolute atomic E-state index is 0.0345. The molecule has 4 saturated carbocycles. The lowest BCUT2D eigenvalue weighted by atomic mass is 9.43. The van der Waals surface area contributed by atoms with Crippen molar-refractivity contribution in [2.75, 3.05) is 6.61 Å². The number of fused-ring (bicyclic) bond motifs is 6. The number of ether oxygens (including phenoxy) is 2. The summed E-state index contributed by atoms with van der Waals surface area (Å²) in [5.74, 6) is 2.66. The summed E-state index contributed by atoms with van der Waals surface area (Å²) >= 11 is 0. The molecule has 45 heavy (non-hydrogen) atoms. The highest BCUT2D eigenvalue weighted by molar-refractivity contribution is 7.90. The Morgan fingerprint density at radius 2 is 1.78 bits per heavy atom. The van der Waals surface area contributed by atoms with Crippen LogP contribution in [0.15, 0.2) is 23.1 Å². The lowest BCUT2D eigenvalue weighted by molar-refractivity contribution is -0.174. The number of hydrogen-bond donors (Lipinski definition) is 3. The van der Waals surface area contributed by atoms with E-state index in [0.29, 0.717) is 29.4 Å². The fraction of sp³-hybridized carbons (Fsp3) is 0.806. The molecule has 4 fully saturated rings. The minimum atomic E-state index is -4.10. The van der Waals surface area contributed by atoms with Gasteiger partial charge in [-0.1, -0.05) is 27.7 Å². The van der Waals surface area contributed by atoms with Crippen LogP contribution in [0.2, 0.25) is 0 Å². The van der Waals surface area contributed by atoms with Gasteiger partial charge in [0.05, 0.1) is 23.7 Å². The van der Waals surface area contributed by atoms with Crippen LogP contribution in [0.3, 0.4) is 0 Å². The van der Waals surface area contributed by atoms with E-state index in [1.807, 2.05) is 0 Å². The molecule has 4 aliphatic carbocycles. The Morgan fingerprint density at radius 1 is 1.04 bits per heavy atom. The zero-order valence-corrected chi connectivity index (χ0v) is 28.7. The van der Waals surface area contributed by atoms with Crippen molar-refractivity contribution in [3.05, 3.63) is 23.8 Å². The second kappa shape index (κ2) is 12.0. The molecule has 3 N–H and O–H groups in total. The Morgan fingerprint density at radius 3 is 2.53 bits per heavy atom. The van der Waals surface area contributed by atoms with Crippen molar-refractivity contribution in [2.24, 2.45) is 46.3 Å². The monoisotopic (exact) mass is 645 g/mol. The predicted octanol–water partition coefficient (Wildman–Crippen LogP) is 6.61. The van der Waals surface area contributed by atoms with Crippen LogP contribution in [-0.2, 0) is 21.2 Å². The van der Waals surface area contributed by atoms with Gasteiger partial charge in [0.1, 0.15) is 11.4 Å². The SMILES string of the molecule is CCC1(C)CCCc2cc(S(=O)(=O)NC(=O)OC[C@@H](C)[C@H]3CC[C@H]4[C@@H]5[C@H](O)C[C@@H]6C[C@H](O)CC[C@]6(C)[C@H]5CC[C@]34C)ccc2O1. The van der Waals surface area contributed by atoms with Gasteiger partial charge in [-0.25, -0.2) is 17.9 Å². The number of aryl methyl sites for hydroxylation is 1. The van der Waals surface area contributed by atoms with Crippen LogP contribution < -0.4 is 9.46 Å². The van der Waals surface area contributed by atoms with Gasteiger partial charge in [0, 0.05) is 0 Å². The van der Waals surface area contributed by atoms with E-state index in [2.05, 4.69) is 39.3 Å². The molecule has 1 aliphatic heterocycles. The normalized spacial score (nSPS) is 41.7. The standard InChI is InChI=1S/C36H55NO7S/c1-6-34(3)15-7-8-23-18-26(9-12-31(23)44-34)45(41,42)37-33(40)43-21-22(2)27-10-11-28-32-29(14-17-36(27,28)5)35(4)16-13-25(38)19-24(35)20-30(32)39/h9,12,18,22,24-25,27-30,32,38-39H,6-8,10-11,13-17,19-21H2,1-5H3,(H,37,40)/t22-,24+,25-,27-,28+,29+,30-,32+,34?,35+,36-/m1/s1. The molecule has 9 heteroatoms. The first-order chi connectivity index (χ1) is 21.2. The van der Waals surface area contributed by atoms with E-state index in [1.54, 1.807) is 12.1 Å². The highest BCUT2D eigenvalue weighted by Gasteiger charge is 2.63. The summed E-state index contributed by atoms with van der Waals surface area (Å²) in [6.07, 6.45) is 9.64. The van der Waals surface area contributed by atoms with Crippen molar-refractivity contribution >= 4 is 16.1 Å². The molecule has 0 saturated heterocycles. The quantitative estimate of drug-likeness (QED) is 0.318. The Kier molecular flexibility index (Phi) is 8.82. The van der Waals surface area contributed by atoms with E-state index in [9.17, 15) is 23.4 Å². The van der Waals surface area contributed by atoms with Gasteiger partial charge >= 0.3 is 6.09 Å². The molecular weight excluding hydrogens is 590 g/mol. The molecular formula is C36H55NO7S. The Bertz CT molecular complexity index is 1380. The number of aliphatic hydroxyl groups excluding tert-OH is 2. The second-order valence-corrected chi connectivity index (χ2v) is 17.8. The summed E-state index contributed by atoms with van der Waals surface area (Å²) in [6, 6.07) is 4.80. The van der Waals surface area contributed by atoms with Crippen molar-refractivity contribution in [1.82, 2.24) is 4.72 Å². The van der Waals surface area contributed by atoms with Crippen molar-refractivity contribution in [3.8, 4) is 5.75 Å². The number of nitrogens with one attached hydrogen (secondary N) is 1. The van der Waals surface area contributed by atoms with E-state index < -0.39 is 16.1 Å². The van der Waals surface area contributed by atoms with E-state index >= 15 is 0 Å². The summed E-state index contributed by atoms with van der Waals surface area (Å²) in [6.45, 7) is 11.2. The van der Waals surface area contributed by atoms with Gasteiger partial charge in [0.2, 0.25) is 0 Å². The van der Waals surface area contributed by atoms with E-state index in [4.69, 9.17) is 9.47 Å². The number of carbonyl (C=O) groups excluding carboxylic acids is 1. The maximum atomic E-state index is 13.2. The first-order valence-electron chi connectivity index (χ1n) is 17.6. The number of hydrogen-bond acceptors (Lipinski definition) is 7. The van der Waals surface area contributed by atoms with Crippen LogP contribution in [0.5, 0.6) is 5.75 Å². The number of sulfonamides is 1. The smallest absolute Gasteiger partial charge is 0.421 e. The zero-order chi connectivity index (χ0) is 32.4. The molecule has 252 valence electrons. The van der Waals surface area contributed by atoms with Crippen LogP contribution in [0.4, 0.5) is 4.79 Å². The van der Waals surface area contributed by atoms with Gasteiger partial charge in [-0.15, -0.1) is 0 Å².